The molecule has 0 bridgehead atoms. The van der Waals surface area contributed by atoms with E-state index in [2.05, 4.69) is 10.6 Å². The van der Waals surface area contributed by atoms with Crippen molar-refractivity contribution in [1.29, 1.82) is 0 Å². The second-order valence-corrected chi connectivity index (χ2v) is 6.53. The molecule has 25 heavy (non-hydrogen) atoms. The zero-order valence-electron chi connectivity index (χ0n) is 14.3. The van der Waals surface area contributed by atoms with Gasteiger partial charge in [-0.3, -0.25) is 9.59 Å². The van der Waals surface area contributed by atoms with Crippen LogP contribution >= 0.6 is 0 Å². The third-order valence-corrected chi connectivity index (χ3v) is 4.66. The molecule has 0 saturated heterocycles. The van der Waals surface area contributed by atoms with E-state index in [0.717, 1.165) is 31.2 Å². The summed E-state index contributed by atoms with van der Waals surface area (Å²) in [5.74, 6) is -0.379. The van der Waals surface area contributed by atoms with E-state index in [0.29, 0.717) is 5.56 Å². The Morgan fingerprint density at radius 1 is 0.840 bits per heavy atom. The van der Waals surface area contributed by atoms with Crippen molar-refractivity contribution in [2.75, 3.05) is 0 Å². The van der Waals surface area contributed by atoms with Gasteiger partial charge in [0.05, 0.1) is 0 Å². The number of rotatable bonds is 5. The van der Waals surface area contributed by atoms with E-state index in [9.17, 15) is 9.59 Å². The van der Waals surface area contributed by atoms with E-state index in [1.54, 1.807) is 12.1 Å². The maximum absolute atomic E-state index is 12.9. The summed E-state index contributed by atoms with van der Waals surface area (Å²) in [6.45, 7) is 0. The van der Waals surface area contributed by atoms with Gasteiger partial charge in [0.2, 0.25) is 5.91 Å². The quantitative estimate of drug-likeness (QED) is 0.876. The predicted octanol–water partition coefficient (Wildman–Crippen LogP) is 3.61. The zero-order valence-corrected chi connectivity index (χ0v) is 14.3. The van der Waals surface area contributed by atoms with Crippen LogP contribution in [-0.4, -0.2) is 17.9 Å². The lowest BCUT2D eigenvalue weighted by molar-refractivity contribution is -0.124. The van der Waals surface area contributed by atoms with Crippen LogP contribution in [0.3, 0.4) is 0 Å². The highest BCUT2D eigenvalue weighted by Crippen LogP contribution is 2.20. The number of nitrogens with one attached hydrogen (secondary N) is 2. The molecule has 1 atom stereocenters. The van der Waals surface area contributed by atoms with Crippen LogP contribution in [0.25, 0.3) is 0 Å². The Balaban J connectivity index is 1.75. The smallest absolute Gasteiger partial charge is 0.252 e. The molecule has 2 amide bonds. The standard InChI is InChI=1S/C21H24N2O2/c24-20(17-12-6-2-7-13-17)23-19(16-10-4-1-5-11-16)21(25)22-18-14-8-3-9-15-18/h1-2,4-7,10-13,18-19H,3,8-9,14-15H2,(H,22,25)(H,23,24). The van der Waals surface area contributed by atoms with Gasteiger partial charge in [0, 0.05) is 11.6 Å². The molecule has 0 spiro atoms. The number of hydrogen-bond donors (Lipinski definition) is 2. The second kappa shape index (κ2) is 8.47. The average molecular weight is 336 g/mol. The van der Waals surface area contributed by atoms with Gasteiger partial charge in [0.25, 0.3) is 5.91 Å². The molecule has 1 aliphatic carbocycles. The van der Waals surface area contributed by atoms with Crippen LogP contribution in [0.5, 0.6) is 0 Å². The number of hydrogen-bond acceptors (Lipinski definition) is 2. The molecule has 0 radical (unpaired) electrons. The van der Waals surface area contributed by atoms with Gasteiger partial charge in [0.1, 0.15) is 6.04 Å². The summed E-state index contributed by atoms with van der Waals surface area (Å²) in [6, 6.07) is 17.9. The van der Waals surface area contributed by atoms with E-state index < -0.39 is 6.04 Å². The third-order valence-electron chi connectivity index (χ3n) is 4.66. The topological polar surface area (TPSA) is 58.2 Å². The zero-order chi connectivity index (χ0) is 17.5. The lowest BCUT2D eigenvalue weighted by Crippen LogP contribution is -2.45. The van der Waals surface area contributed by atoms with Gasteiger partial charge in [-0.15, -0.1) is 0 Å². The van der Waals surface area contributed by atoms with Gasteiger partial charge in [-0.05, 0) is 30.5 Å². The second-order valence-electron chi connectivity index (χ2n) is 6.53. The van der Waals surface area contributed by atoms with Crippen LogP contribution in [0.4, 0.5) is 0 Å². The van der Waals surface area contributed by atoms with Crippen molar-refractivity contribution in [2.24, 2.45) is 0 Å². The fraction of sp³-hybridized carbons (Fsp3) is 0.333. The summed E-state index contributed by atoms with van der Waals surface area (Å²) in [5.41, 5.74) is 1.34. The van der Waals surface area contributed by atoms with Gasteiger partial charge in [-0.2, -0.15) is 0 Å². The molecule has 0 aliphatic heterocycles. The van der Waals surface area contributed by atoms with Crippen LogP contribution in [0, 0.1) is 0 Å². The highest BCUT2D eigenvalue weighted by Gasteiger charge is 2.25. The number of carbonyl (C=O) groups excluding carboxylic acids is 2. The third kappa shape index (κ3) is 4.69. The van der Waals surface area contributed by atoms with Crippen molar-refractivity contribution in [3.05, 3.63) is 71.8 Å². The van der Waals surface area contributed by atoms with Crippen molar-refractivity contribution in [3.63, 3.8) is 0 Å². The lowest BCUT2D eigenvalue weighted by atomic mass is 9.95. The highest BCUT2D eigenvalue weighted by molar-refractivity contribution is 5.97. The number of benzene rings is 2. The minimum absolute atomic E-state index is 0.137. The van der Waals surface area contributed by atoms with E-state index in [1.807, 2.05) is 48.5 Å². The van der Waals surface area contributed by atoms with Crippen LogP contribution in [0.15, 0.2) is 60.7 Å². The summed E-state index contributed by atoms with van der Waals surface area (Å²) in [7, 11) is 0. The van der Waals surface area contributed by atoms with E-state index in [4.69, 9.17) is 0 Å². The first-order chi connectivity index (χ1) is 12.2. The van der Waals surface area contributed by atoms with Crippen molar-refractivity contribution in [2.45, 2.75) is 44.2 Å². The largest absolute Gasteiger partial charge is 0.351 e. The summed E-state index contributed by atoms with van der Waals surface area (Å²) in [4.78, 5) is 25.4. The van der Waals surface area contributed by atoms with Gasteiger partial charge < -0.3 is 10.6 Å². The molecule has 2 aromatic carbocycles. The van der Waals surface area contributed by atoms with Gasteiger partial charge in [-0.1, -0.05) is 67.8 Å². The lowest BCUT2D eigenvalue weighted by Gasteiger charge is -2.26. The molecule has 4 heteroatoms. The predicted molar refractivity (Wildman–Crippen MR) is 98.1 cm³/mol. The highest BCUT2D eigenvalue weighted by atomic mass is 16.2. The minimum Gasteiger partial charge on any atom is -0.351 e. The molecule has 0 aromatic heterocycles. The summed E-state index contributed by atoms with van der Waals surface area (Å²) < 4.78 is 0. The Hall–Kier alpha value is -2.62. The summed E-state index contributed by atoms with van der Waals surface area (Å²) >= 11 is 0. The summed E-state index contributed by atoms with van der Waals surface area (Å²) in [6.07, 6.45) is 5.56. The van der Waals surface area contributed by atoms with Crippen LogP contribution in [-0.2, 0) is 4.79 Å². The minimum atomic E-state index is -0.684. The van der Waals surface area contributed by atoms with Gasteiger partial charge >= 0.3 is 0 Å². The van der Waals surface area contributed by atoms with E-state index in [-0.39, 0.29) is 17.9 Å². The fourth-order valence-corrected chi connectivity index (χ4v) is 3.28. The molecule has 1 aliphatic rings. The first kappa shape index (κ1) is 17.2. The molecule has 3 rings (SSSR count). The Kier molecular flexibility index (Phi) is 5.83. The van der Waals surface area contributed by atoms with Crippen LogP contribution in [0.2, 0.25) is 0 Å². The Bertz CT molecular complexity index is 694. The molecule has 1 unspecified atom stereocenters. The average Bonchev–Trinajstić information content (AvgIpc) is 2.68. The fourth-order valence-electron chi connectivity index (χ4n) is 3.28. The van der Waals surface area contributed by atoms with Crippen molar-refractivity contribution in [1.82, 2.24) is 10.6 Å². The summed E-state index contributed by atoms with van der Waals surface area (Å²) in [5, 5.41) is 6.01. The number of carbonyl (C=O) groups is 2. The first-order valence-electron chi connectivity index (χ1n) is 8.95. The Morgan fingerprint density at radius 2 is 1.44 bits per heavy atom. The Morgan fingerprint density at radius 3 is 2.08 bits per heavy atom. The number of amides is 2. The maximum atomic E-state index is 12.9. The van der Waals surface area contributed by atoms with Crippen LogP contribution < -0.4 is 10.6 Å². The molecule has 2 N–H and O–H groups in total. The maximum Gasteiger partial charge on any atom is 0.252 e. The van der Waals surface area contributed by atoms with Crippen molar-refractivity contribution >= 4 is 11.8 Å². The molecule has 1 saturated carbocycles. The Labute approximate surface area is 148 Å². The molecule has 2 aromatic rings. The molecule has 1 fully saturated rings. The van der Waals surface area contributed by atoms with Crippen LogP contribution in [0.1, 0.15) is 54.1 Å². The molecule has 0 heterocycles. The SMILES string of the molecule is O=C(NC(C(=O)NC1CCCCC1)c1ccccc1)c1ccccc1. The van der Waals surface area contributed by atoms with E-state index >= 15 is 0 Å². The van der Waals surface area contributed by atoms with Gasteiger partial charge in [-0.25, -0.2) is 0 Å². The molecule has 130 valence electrons. The van der Waals surface area contributed by atoms with Crippen molar-refractivity contribution in [3.8, 4) is 0 Å². The molecular weight excluding hydrogens is 312 g/mol. The monoisotopic (exact) mass is 336 g/mol. The van der Waals surface area contributed by atoms with Gasteiger partial charge in [0.15, 0.2) is 0 Å². The van der Waals surface area contributed by atoms with E-state index in [1.165, 1.54) is 6.42 Å². The molecular formula is C21H24N2O2. The van der Waals surface area contributed by atoms with Crippen molar-refractivity contribution < 1.29 is 9.59 Å². The normalized spacial score (nSPS) is 16.0. The molecule has 4 nitrogen and oxygen atoms in total. The first-order valence-corrected chi connectivity index (χ1v) is 8.95.